The summed E-state index contributed by atoms with van der Waals surface area (Å²) < 4.78 is 12.0. The molecule has 3 aromatic carbocycles. The number of pyridine rings is 1. The number of nitrogens with zero attached hydrogens (tertiary/aromatic N) is 1. The Bertz CT molecular complexity index is 1060. The van der Waals surface area contributed by atoms with Gasteiger partial charge in [0.25, 0.3) is 0 Å². The Morgan fingerprint density at radius 2 is 1.39 bits per heavy atom. The fraction of sp³-hybridized carbons (Fsp3) is 0.160. The summed E-state index contributed by atoms with van der Waals surface area (Å²) in [5.41, 5.74) is 4.17. The molecule has 0 atom stereocenters. The quantitative estimate of drug-likeness (QED) is 0.371. The van der Waals surface area contributed by atoms with E-state index in [2.05, 4.69) is 35.3 Å². The molecule has 0 aliphatic rings. The van der Waals surface area contributed by atoms with Gasteiger partial charge in [0.05, 0.1) is 13.2 Å². The van der Waals surface area contributed by atoms with Crippen molar-refractivity contribution in [3.05, 3.63) is 90.6 Å². The van der Waals surface area contributed by atoms with Gasteiger partial charge in [0.2, 0.25) is 0 Å². The van der Waals surface area contributed by atoms with Gasteiger partial charge in [-0.1, -0.05) is 66.7 Å². The molecule has 140 valence electrons. The van der Waals surface area contributed by atoms with Crippen LogP contribution in [0.3, 0.4) is 0 Å². The fourth-order valence-corrected chi connectivity index (χ4v) is 3.21. The van der Waals surface area contributed by atoms with Crippen molar-refractivity contribution in [2.75, 3.05) is 13.2 Å². The molecule has 1 heterocycles. The van der Waals surface area contributed by atoms with E-state index < -0.39 is 0 Å². The fourth-order valence-electron chi connectivity index (χ4n) is 3.21. The van der Waals surface area contributed by atoms with Crippen LogP contribution < -0.4 is 9.47 Å². The molecule has 0 N–H and O–H groups in total. The summed E-state index contributed by atoms with van der Waals surface area (Å²) in [5.74, 6) is 1.72. The second-order valence-electron chi connectivity index (χ2n) is 6.69. The summed E-state index contributed by atoms with van der Waals surface area (Å²) >= 11 is 0. The highest BCUT2D eigenvalue weighted by molar-refractivity contribution is 5.84. The Labute approximate surface area is 165 Å². The van der Waals surface area contributed by atoms with Crippen LogP contribution in [0.5, 0.6) is 11.5 Å². The first-order valence-corrected chi connectivity index (χ1v) is 9.58. The SMILES string of the molecule is Cc1ccc2cccc(OCCCOc3ccccc3-c3ccccc3)c2n1. The van der Waals surface area contributed by atoms with Gasteiger partial charge in [0.1, 0.15) is 17.0 Å². The summed E-state index contributed by atoms with van der Waals surface area (Å²) in [7, 11) is 0. The predicted octanol–water partition coefficient (Wildman–Crippen LogP) is 6.06. The van der Waals surface area contributed by atoms with E-state index in [1.165, 1.54) is 0 Å². The largest absolute Gasteiger partial charge is 0.493 e. The van der Waals surface area contributed by atoms with Crippen molar-refractivity contribution in [1.82, 2.24) is 4.98 Å². The van der Waals surface area contributed by atoms with Crippen LogP contribution in [-0.2, 0) is 0 Å². The molecule has 3 heteroatoms. The molecule has 4 aromatic rings. The minimum atomic E-state index is 0.586. The lowest BCUT2D eigenvalue weighted by Gasteiger charge is -2.12. The number of benzene rings is 3. The van der Waals surface area contributed by atoms with Crippen molar-refractivity contribution in [3.63, 3.8) is 0 Å². The maximum absolute atomic E-state index is 6.04. The first-order chi connectivity index (χ1) is 13.8. The summed E-state index contributed by atoms with van der Waals surface area (Å²) in [4.78, 5) is 4.61. The van der Waals surface area contributed by atoms with E-state index in [0.717, 1.165) is 45.6 Å². The second-order valence-corrected chi connectivity index (χ2v) is 6.69. The Kier molecular flexibility index (Phi) is 5.53. The van der Waals surface area contributed by atoms with Gasteiger partial charge in [-0.25, -0.2) is 4.98 Å². The van der Waals surface area contributed by atoms with E-state index in [1.54, 1.807) is 0 Å². The van der Waals surface area contributed by atoms with Gasteiger partial charge in [-0.2, -0.15) is 0 Å². The van der Waals surface area contributed by atoms with Gasteiger partial charge in [0, 0.05) is 23.1 Å². The van der Waals surface area contributed by atoms with Gasteiger partial charge >= 0.3 is 0 Å². The monoisotopic (exact) mass is 369 g/mol. The molecule has 0 saturated heterocycles. The van der Waals surface area contributed by atoms with Crippen molar-refractivity contribution in [2.24, 2.45) is 0 Å². The van der Waals surface area contributed by atoms with E-state index in [4.69, 9.17) is 9.47 Å². The molecule has 1 aromatic heterocycles. The molecule has 0 amide bonds. The standard InChI is InChI=1S/C25H23NO2/c1-19-15-16-21-11-7-14-24(25(21)26-19)28-18-8-17-27-23-13-6-5-12-22(23)20-9-3-2-4-10-20/h2-7,9-16H,8,17-18H2,1H3. The Balaban J connectivity index is 1.36. The normalized spacial score (nSPS) is 10.8. The molecule has 0 saturated carbocycles. The van der Waals surface area contributed by atoms with E-state index in [1.807, 2.05) is 61.5 Å². The third kappa shape index (κ3) is 4.15. The molecule has 28 heavy (non-hydrogen) atoms. The van der Waals surface area contributed by atoms with Crippen molar-refractivity contribution in [1.29, 1.82) is 0 Å². The first kappa shape index (κ1) is 18.1. The van der Waals surface area contributed by atoms with Crippen LogP contribution in [0.1, 0.15) is 12.1 Å². The van der Waals surface area contributed by atoms with E-state index in [0.29, 0.717) is 13.2 Å². The maximum atomic E-state index is 6.04. The van der Waals surface area contributed by atoms with Crippen LogP contribution in [0.25, 0.3) is 22.0 Å². The van der Waals surface area contributed by atoms with E-state index >= 15 is 0 Å². The summed E-state index contributed by atoms with van der Waals surface area (Å²) in [6, 6.07) is 28.6. The molecule has 0 fully saturated rings. The summed E-state index contributed by atoms with van der Waals surface area (Å²) in [5, 5.41) is 1.09. The minimum absolute atomic E-state index is 0.586. The molecule has 0 aliphatic carbocycles. The predicted molar refractivity (Wildman–Crippen MR) is 114 cm³/mol. The average molecular weight is 369 g/mol. The van der Waals surface area contributed by atoms with Gasteiger partial charge in [0.15, 0.2) is 0 Å². The molecule has 0 aliphatic heterocycles. The molecule has 3 nitrogen and oxygen atoms in total. The van der Waals surface area contributed by atoms with Crippen molar-refractivity contribution in [3.8, 4) is 22.6 Å². The van der Waals surface area contributed by atoms with Crippen LogP contribution in [0.4, 0.5) is 0 Å². The highest BCUT2D eigenvalue weighted by Gasteiger charge is 2.06. The van der Waals surface area contributed by atoms with Gasteiger partial charge in [-0.15, -0.1) is 0 Å². The van der Waals surface area contributed by atoms with Crippen molar-refractivity contribution >= 4 is 10.9 Å². The van der Waals surface area contributed by atoms with Gasteiger partial charge < -0.3 is 9.47 Å². The molecule has 0 radical (unpaired) electrons. The number of fused-ring (bicyclic) bond motifs is 1. The van der Waals surface area contributed by atoms with Crippen molar-refractivity contribution in [2.45, 2.75) is 13.3 Å². The molecule has 0 unspecified atom stereocenters. The highest BCUT2D eigenvalue weighted by Crippen LogP contribution is 2.29. The minimum Gasteiger partial charge on any atom is -0.493 e. The Morgan fingerprint density at radius 3 is 2.25 bits per heavy atom. The topological polar surface area (TPSA) is 31.4 Å². The van der Waals surface area contributed by atoms with Crippen molar-refractivity contribution < 1.29 is 9.47 Å². The number of hydrogen-bond donors (Lipinski definition) is 0. The number of hydrogen-bond acceptors (Lipinski definition) is 3. The Morgan fingerprint density at radius 1 is 0.679 bits per heavy atom. The van der Waals surface area contributed by atoms with Gasteiger partial charge in [-0.3, -0.25) is 0 Å². The lowest BCUT2D eigenvalue weighted by molar-refractivity contribution is 0.249. The van der Waals surface area contributed by atoms with E-state index in [9.17, 15) is 0 Å². The van der Waals surface area contributed by atoms with Crippen LogP contribution in [0.2, 0.25) is 0 Å². The molecular weight excluding hydrogens is 346 g/mol. The van der Waals surface area contributed by atoms with Gasteiger partial charge in [-0.05, 0) is 30.7 Å². The van der Waals surface area contributed by atoms with Crippen LogP contribution in [0, 0.1) is 6.92 Å². The van der Waals surface area contributed by atoms with E-state index in [-0.39, 0.29) is 0 Å². The molecule has 0 bridgehead atoms. The number of aromatic nitrogens is 1. The summed E-state index contributed by atoms with van der Waals surface area (Å²) in [6.07, 6.45) is 0.797. The average Bonchev–Trinajstić information content (AvgIpc) is 2.74. The molecular formula is C25H23NO2. The lowest BCUT2D eigenvalue weighted by Crippen LogP contribution is -2.06. The lowest BCUT2D eigenvalue weighted by atomic mass is 10.1. The number of aryl methyl sites for hydroxylation is 1. The first-order valence-electron chi connectivity index (χ1n) is 9.58. The number of rotatable bonds is 7. The Hall–Kier alpha value is -3.33. The van der Waals surface area contributed by atoms with Crippen LogP contribution in [-0.4, -0.2) is 18.2 Å². The molecule has 0 spiro atoms. The smallest absolute Gasteiger partial charge is 0.145 e. The van der Waals surface area contributed by atoms with Crippen LogP contribution in [0.15, 0.2) is 84.9 Å². The highest BCUT2D eigenvalue weighted by atomic mass is 16.5. The number of para-hydroxylation sites is 2. The molecule has 4 rings (SSSR count). The third-order valence-corrected chi connectivity index (χ3v) is 4.60. The zero-order valence-corrected chi connectivity index (χ0v) is 16.0. The zero-order valence-electron chi connectivity index (χ0n) is 16.0. The third-order valence-electron chi connectivity index (χ3n) is 4.60. The second kappa shape index (κ2) is 8.57. The summed E-state index contributed by atoms with van der Waals surface area (Å²) in [6.45, 7) is 3.18. The zero-order chi connectivity index (χ0) is 19.2. The number of ether oxygens (including phenoxy) is 2. The maximum Gasteiger partial charge on any atom is 0.145 e. The van der Waals surface area contributed by atoms with Crippen LogP contribution >= 0.6 is 0 Å².